The normalized spacial score (nSPS) is 17.4. The van der Waals surface area contributed by atoms with Crippen molar-refractivity contribution in [3.63, 3.8) is 0 Å². The van der Waals surface area contributed by atoms with Crippen LogP contribution in [0.2, 0.25) is 0 Å². The second-order valence-electron chi connectivity index (χ2n) is 5.62. The number of ether oxygens (including phenoxy) is 1. The van der Waals surface area contributed by atoms with E-state index in [1.165, 1.54) is 0 Å². The first kappa shape index (κ1) is 17.4. The zero-order chi connectivity index (χ0) is 15.2. The molecule has 0 unspecified atom stereocenters. The lowest BCUT2D eigenvalue weighted by atomic mass is 9.83. The number of methoxy groups -OCH3 is 1. The summed E-state index contributed by atoms with van der Waals surface area (Å²) in [5, 5.41) is 0. The van der Waals surface area contributed by atoms with E-state index in [0.29, 0.717) is 18.1 Å². The molecule has 0 atom stereocenters. The predicted octanol–water partition coefficient (Wildman–Crippen LogP) is 2.50. The predicted molar refractivity (Wildman–Crippen MR) is 85.6 cm³/mol. The highest BCUT2D eigenvalue weighted by atomic mass is 32.1. The van der Waals surface area contributed by atoms with Gasteiger partial charge in [0.15, 0.2) is 0 Å². The number of thiocarbonyl (C=S) groups is 1. The van der Waals surface area contributed by atoms with E-state index < -0.39 is 5.41 Å². The van der Waals surface area contributed by atoms with Crippen molar-refractivity contribution in [3.05, 3.63) is 0 Å². The van der Waals surface area contributed by atoms with Crippen LogP contribution in [0.5, 0.6) is 0 Å². The maximum atomic E-state index is 13.1. The van der Waals surface area contributed by atoms with Crippen LogP contribution in [0, 0.1) is 5.41 Å². The molecule has 1 amide bonds. The summed E-state index contributed by atoms with van der Waals surface area (Å²) in [6, 6.07) is 0.240. The van der Waals surface area contributed by atoms with Crippen molar-refractivity contribution in [1.29, 1.82) is 0 Å². The number of hydrogen-bond donors (Lipinski definition) is 1. The highest BCUT2D eigenvalue weighted by Gasteiger charge is 2.46. The zero-order valence-electron chi connectivity index (χ0n) is 13.0. The molecule has 0 aromatic carbocycles. The Morgan fingerprint density at radius 1 is 1.35 bits per heavy atom. The van der Waals surface area contributed by atoms with Gasteiger partial charge in [-0.25, -0.2) is 0 Å². The first-order valence-electron chi connectivity index (χ1n) is 7.63. The molecule has 1 aliphatic rings. The Bertz CT molecular complexity index is 337. The van der Waals surface area contributed by atoms with Crippen molar-refractivity contribution in [2.45, 2.75) is 58.4 Å². The van der Waals surface area contributed by atoms with Gasteiger partial charge in [-0.3, -0.25) is 4.79 Å². The first-order chi connectivity index (χ1) is 9.53. The fourth-order valence-electron chi connectivity index (χ4n) is 3.19. The minimum absolute atomic E-state index is 0.119. The molecule has 1 saturated carbocycles. The van der Waals surface area contributed by atoms with Gasteiger partial charge in [0.1, 0.15) is 0 Å². The van der Waals surface area contributed by atoms with E-state index in [-0.39, 0.29) is 11.9 Å². The largest absolute Gasteiger partial charge is 0.392 e. The molecule has 4 nitrogen and oxygen atoms in total. The number of rotatable bonds is 8. The maximum absolute atomic E-state index is 13.1. The van der Waals surface area contributed by atoms with Gasteiger partial charge >= 0.3 is 0 Å². The van der Waals surface area contributed by atoms with E-state index in [0.717, 1.165) is 38.5 Å². The summed E-state index contributed by atoms with van der Waals surface area (Å²) < 4.78 is 5.16. The number of carbonyl (C=O) groups is 1. The zero-order valence-corrected chi connectivity index (χ0v) is 13.8. The van der Waals surface area contributed by atoms with E-state index in [4.69, 9.17) is 22.7 Å². The molecule has 116 valence electrons. The Labute approximate surface area is 128 Å². The van der Waals surface area contributed by atoms with E-state index >= 15 is 0 Å². The molecule has 5 heteroatoms. The molecule has 0 saturated heterocycles. The number of nitrogens with zero attached hydrogens (tertiary/aromatic N) is 1. The molecular weight excluding hydrogens is 272 g/mol. The Hall–Kier alpha value is -0.680. The second kappa shape index (κ2) is 7.93. The van der Waals surface area contributed by atoms with Crippen LogP contribution in [0.4, 0.5) is 0 Å². The molecule has 0 aliphatic heterocycles. The molecule has 1 fully saturated rings. The fraction of sp³-hybridized carbons (Fsp3) is 0.867. The average Bonchev–Trinajstić information content (AvgIpc) is 2.93. The quantitative estimate of drug-likeness (QED) is 0.700. The summed E-state index contributed by atoms with van der Waals surface area (Å²) in [6.07, 6.45) is 5.54. The number of carbonyl (C=O) groups excluding carboxylic acids is 1. The van der Waals surface area contributed by atoms with E-state index in [1.54, 1.807) is 7.11 Å². The van der Waals surface area contributed by atoms with Crippen molar-refractivity contribution in [1.82, 2.24) is 4.90 Å². The van der Waals surface area contributed by atoms with Gasteiger partial charge in [0.05, 0.1) is 17.0 Å². The lowest BCUT2D eigenvalue weighted by Crippen LogP contribution is -2.53. The fourth-order valence-corrected chi connectivity index (χ4v) is 3.48. The van der Waals surface area contributed by atoms with Gasteiger partial charge in [0.2, 0.25) is 5.91 Å². The molecule has 20 heavy (non-hydrogen) atoms. The van der Waals surface area contributed by atoms with E-state index in [1.807, 2.05) is 4.90 Å². The lowest BCUT2D eigenvalue weighted by molar-refractivity contribution is -0.141. The Morgan fingerprint density at radius 3 is 2.30 bits per heavy atom. The van der Waals surface area contributed by atoms with Crippen molar-refractivity contribution in [2.24, 2.45) is 11.1 Å². The Morgan fingerprint density at radius 2 is 1.90 bits per heavy atom. The van der Waals surface area contributed by atoms with E-state index in [9.17, 15) is 4.79 Å². The SMILES string of the molecule is CCC(CC)N(CCOC)C(=O)C1(C(N)=S)CCCC1. The number of amides is 1. The summed E-state index contributed by atoms with van der Waals surface area (Å²) >= 11 is 5.23. The lowest BCUT2D eigenvalue weighted by Gasteiger charge is -2.38. The molecule has 0 bridgehead atoms. The molecule has 0 aromatic rings. The van der Waals surface area contributed by atoms with Gasteiger partial charge in [0.25, 0.3) is 0 Å². The van der Waals surface area contributed by atoms with Crippen molar-refractivity contribution in [2.75, 3.05) is 20.3 Å². The Balaban J connectivity index is 2.98. The van der Waals surface area contributed by atoms with Gasteiger partial charge in [-0.2, -0.15) is 0 Å². The second-order valence-corrected chi connectivity index (χ2v) is 6.05. The Kier molecular flexibility index (Phi) is 6.89. The third-order valence-corrected chi connectivity index (χ3v) is 4.91. The summed E-state index contributed by atoms with van der Waals surface area (Å²) in [4.78, 5) is 15.4. The topological polar surface area (TPSA) is 55.6 Å². The van der Waals surface area contributed by atoms with Crippen LogP contribution < -0.4 is 5.73 Å². The van der Waals surface area contributed by atoms with Crippen molar-refractivity contribution in [3.8, 4) is 0 Å². The molecule has 1 aliphatic carbocycles. The standard InChI is InChI=1S/C15H28N2O2S/c1-4-12(5-2)17(10-11-19-3)14(18)15(13(16)20)8-6-7-9-15/h12H,4-11H2,1-3H3,(H2,16,20). The molecule has 0 radical (unpaired) electrons. The van der Waals surface area contributed by atoms with Gasteiger partial charge in [0, 0.05) is 19.7 Å². The smallest absolute Gasteiger partial charge is 0.235 e. The molecular formula is C15H28N2O2S. The monoisotopic (exact) mass is 300 g/mol. The van der Waals surface area contributed by atoms with Gasteiger partial charge in [-0.05, 0) is 25.7 Å². The minimum atomic E-state index is -0.605. The van der Waals surface area contributed by atoms with Crippen molar-refractivity contribution >= 4 is 23.1 Å². The maximum Gasteiger partial charge on any atom is 0.235 e. The van der Waals surface area contributed by atoms with Gasteiger partial charge in [-0.1, -0.05) is 38.9 Å². The summed E-state index contributed by atoms with van der Waals surface area (Å²) in [6.45, 7) is 5.40. The molecule has 2 N–H and O–H groups in total. The molecule has 0 heterocycles. The highest BCUT2D eigenvalue weighted by Crippen LogP contribution is 2.40. The summed E-state index contributed by atoms with van der Waals surface area (Å²) in [7, 11) is 1.66. The van der Waals surface area contributed by atoms with Crippen LogP contribution in [0.1, 0.15) is 52.4 Å². The highest BCUT2D eigenvalue weighted by molar-refractivity contribution is 7.80. The number of hydrogen-bond acceptors (Lipinski definition) is 3. The van der Waals surface area contributed by atoms with Gasteiger partial charge in [-0.15, -0.1) is 0 Å². The minimum Gasteiger partial charge on any atom is -0.392 e. The van der Waals surface area contributed by atoms with Crippen LogP contribution in [0.3, 0.4) is 0 Å². The summed E-state index contributed by atoms with van der Waals surface area (Å²) in [5.41, 5.74) is 5.33. The van der Waals surface area contributed by atoms with Crippen molar-refractivity contribution < 1.29 is 9.53 Å². The van der Waals surface area contributed by atoms with Gasteiger partial charge < -0.3 is 15.4 Å². The average molecular weight is 300 g/mol. The van der Waals surface area contributed by atoms with Crippen LogP contribution >= 0.6 is 12.2 Å². The van der Waals surface area contributed by atoms with Crippen LogP contribution in [-0.4, -0.2) is 42.1 Å². The van der Waals surface area contributed by atoms with Crippen LogP contribution in [0.25, 0.3) is 0 Å². The third kappa shape index (κ3) is 3.50. The molecule has 0 spiro atoms. The number of nitrogens with two attached hydrogens (primary N) is 1. The van der Waals surface area contributed by atoms with Crippen LogP contribution in [-0.2, 0) is 9.53 Å². The van der Waals surface area contributed by atoms with Crippen LogP contribution in [0.15, 0.2) is 0 Å². The third-order valence-electron chi connectivity index (χ3n) is 4.52. The summed E-state index contributed by atoms with van der Waals surface area (Å²) in [5.74, 6) is 0.119. The first-order valence-corrected chi connectivity index (χ1v) is 8.04. The molecule has 1 rings (SSSR count). The molecule has 0 aromatic heterocycles. The van der Waals surface area contributed by atoms with E-state index in [2.05, 4.69) is 13.8 Å².